The van der Waals surface area contributed by atoms with Crippen molar-refractivity contribution in [3.63, 3.8) is 0 Å². The zero-order valence-electron chi connectivity index (χ0n) is 39.5. The third kappa shape index (κ3) is 11.0. The van der Waals surface area contributed by atoms with E-state index in [1.807, 2.05) is 48.6 Å². The molecule has 0 saturated carbocycles. The smallest absolute Gasteiger partial charge is 0.354 e. The zero-order valence-corrected chi connectivity index (χ0v) is 42.1. The summed E-state index contributed by atoms with van der Waals surface area (Å²) >= 11 is 9.08. The predicted molar refractivity (Wildman–Crippen MR) is 262 cm³/mol. The highest BCUT2D eigenvalue weighted by atomic mass is 35.5. The molecule has 3 aromatic heterocycles. The number of benzene rings is 3. The van der Waals surface area contributed by atoms with Crippen LogP contribution in [0.1, 0.15) is 97.3 Å². The number of esters is 1. The first-order chi connectivity index (χ1) is 31.0. The Balaban J connectivity index is 1.14. The Labute approximate surface area is 393 Å². The number of methoxy groups -OCH3 is 1. The summed E-state index contributed by atoms with van der Waals surface area (Å²) in [5.74, 6) is 0.979. The van der Waals surface area contributed by atoms with Gasteiger partial charge in [-0.25, -0.2) is 9.18 Å². The first-order valence-electron chi connectivity index (χ1n) is 22.8. The number of hydrogen-bond acceptors (Lipinski definition) is 9. The molecule has 1 atom stereocenters. The van der Waals surface area contributed by atoms with Crippen LogP contribution in [0.15, 0.2) is 48.5 Å². The molecule has 6 aromatic rings. The fraction of sp³-hybridized carbons (Fsp3) is 0.500. The first kappa shape index (κ1) is 48.7. The van der Waals surface area contributed by atoms with Gasteiger partial charge in [0, 0.05) is 72.9 Å². The van der Waals surface area contributed by atoms with Crippen LogP contribution in [-0.4, -0.2) is 75.9 Å². The van der Waals surface area contributed by atoms with Crippen molar-refractivity contribution >= 4 is 59.3 Å². The standard InChI is InChI=1S/C50H65ClFN5O6SSi/c1-32-45(42(54-55(32)5)30-62-44-15-10-11-23-61-44)46-41(51)21-20-40-39(14-12-24-63-65(8,9)50(2,3)4)48(49(59)60-7)57(47(40)46)22-13-25-64-31-36-29-37(56(6)53-36)18-16-33-26-34-28-35(52)17-19-38(34)43(58)27-33/h17,19-21,26-29,44,58H,10-16,18,22-25,30-31H2,1-9H3. The fourth-order valence-corrected chi connectivity index (χ4v) is 10.8. The summed E-state index contributed by atoms with van der Waals surface area (Å²) in [7, 11) is 3.35. The van der Waals surface area contributed by atoms with Gasteiger partial charge in [0.2, 0.25) is 0 Å². The van der Waals surface area contributed by atoms with E-state index in [-0.39, 0.29) is 35.5 Å². The fourth-order valence-electron chi connectivity index (χ4n) is 8.62. The number of phenolic OH excluding ortho intramolecular Hbond substituents is 1. The minimum atomic E-state index is -1.98. The van der Waals surface area contributed by atoms with Crippen molar-refractivity contribution in [1.29, 1.82) is 0 Å². The molecule has 1 unspecified atom stereocenters. The van der Waals surface area contributed by atoms with E-state index in [1.165, 1.54) is 19.2 Å². The quantitative estimate of drug-likeness (QED) is 0.0481. The Morgan fingerprint density at radius 3 is 2.52 bits per heavy atom. The molecule has 3 aromatic carbocycles. The number of ether oxygens (including phenoxy) is 3. The number of rotatable bonds is 19. The van der Waals surface area contributed by atoms with Crippen LogP contribution in [0.2, 0.25) is 23.2 Å². The molecule has 7 rings (SSSR count). The Bertz CT molecular complexity index is 2650. The molecule has 350 valence electrons. The zero-order chi connectivity index (χ0) is 46.6. The molecule has 15 heteroatoms. The summed E-state index contributed by atoms with van der Waals surface area (Å²) in [5.41, 5.74) is 8.77. The molecule has 1 aliphatic heterocycles. The van der Waals surface area contributed by atoms with Gasteiger partial charge in [0.15, 0.2) is 14.6 Å². The van der Waals surface area contributed by atoms with E-state index in [9.17, 15) is 14.3 Å². The van der Waals surface area contributed by atoms with Gasteiger partial charge in [-0.05, 0) is 135 Å². The molecule has 0 aliphatic carbocycles. The van der Waals surface area contributed by atoms with Gasteiger partial charge in [-0.2, -0.15) is 22.0 Å². The lowest BCUT2D eigenvalue weighted by Gasteiger charge is -2.36. The molecule has 11 nitrogen and oxygen atoms in total. The van der Waals surface area contributed by atoms with Crippen molar-refractivity contribution in [3.8, 4) is 16.9 Å². The van der Waals surface area contributed by atoms with Crippen LogP contribution >= 0.6 is 23.4 Å². The van der Waals surface area contributed by atoms with Crippen molar-refractivity contribution in [1.82, 2.24) is 24.1 Å². The molecular weight excluding hydrogens is 881 g/mol. The summed E-state index contributed by atoms with van der Waals surface area (Å²) in [6, 6.07) is 14.2. The largest absolute Gasteiger partial charge is 0.507 e. The van der Waals surface area contributed by atoms with Gasteiger partial charge >= 0.3 is 5.97 Å². The number of halogens is 2. The SMILES string of the molecule is COC(=O)c1c(CCCO[Si](C)(C)C(C)(C)C)c2ccc(Cl)c(-c3c(COC4CCCCO4)nn(C)c3C)c2n1CCCSCc1cc(CCc2cc(O)c3ccc(F)cc3c2)n(C)n1. The topological polar surface area (TPSA) is 115 Å². The van der Waals surface area contributed by atoms with Crippen LogP contribution in [0.5, 0.6) is 5.75 Å². The number of hydrogen-bond donors (Lipinski definition) is 1. The normalized spacial score (nSPS) is 14.8. The minimum Gasteiger partial charge on any atom is -0.507 e. The van der Waals surface area contributed by atoms with Crippen LogP contribution in [0, 0.1) is 12.7 Å². The molecule has 1 N–H and O–H groups in total. The van der Waals surface area contributed by atoms with Gasteiger partial charge < -0.3 is 28.3 Å². The van der Waals surface area contributed by atoms with Gasteiger partial charge in [0.05, 0.1) is 35.6 Å². The number of phenols is 1. The van der Waals surface area contributed by atoms with Gasteiger partial charge in [-0.3, -0.25) is 9.36 Å². The second-order valence-electron chi connectivity index (χ2n) is 18.8. The molecule has 4 heterocycles. The van der Waals surface area contributed by atoms with Crippen LogP contribution in [0.4, 0.5) is 4.39 Å². The van der Waals surface area contributed by atoms with Gasteiger partial charge in [0.1, 0.15) is 17.3 Å². The number of fused-ring (bicyclic) bond motifs is 2. The molecule has 0 amide bonds. The highest BCUT2D eigenvalue weighted by Gasteiger charge is 2.37. The van der Waals surface area contributed by atoms with E-state index in [0.29, 0.717) is 54.1 Å². The molecule has 0 bridgehead atoms. The maximum Gasteiger partial charge on any atom is 0.354 e. The third-order valence-corrected chi connectivity index (χ3v) is 19.2. The van der Waals surface area contributed by atoms with Gasteiger partial charge in [0.25, 0.3) is 0 Å². The molecule has 1 aliphatic rings. The van der Waals surface area contributed by atoms with Crippen LogP contribution in [0.25, 0.3) is 32.8 Å². The Hall–Kier alpha value is -4.18. The number of aromatic hydroxyl groups is 1. The molecule has 1 fully saturated rings. The Morgan fingerprint density at radius 1 is 1.00 bits per heavy atom. The van der Waals surface area contributed by atoms with E-state index in [4.69, 9.17) is 40.4 Å². The predicted octanol–water partition coefficient (Wildman–Crippen LogP) is 11.6. The van der Waals surface area contributed by atoms with Crippen molar-refractivity contribution in [2.24, 2.45) is 14.1 Å². The second-order valence-corrected chi connectivity index (χ2v) is 25.1. The van der Waals surface area contributed by atoms with Gasteiger partial charge in [-0.15, -0.1) is 0 Å². The van der Waals surface area contributed by atoms with Gasteiger partial charge in [-0.1, -0.05) is 44.5 Å². The highest BCUT2D eigenvalue weighted by molar-refractivity contribution is 7.98. The molecule has 65 heavy (non-hydrogen) atoms. The minimum absolute atomic E-state index is 0.0859. The van der Waals surface area contributed by atoms with Crippen molar-refractivity contribution in [2.75, 3.05) is 26.1 Å². The number of carbonyl (C=O) groups is 1. The lowest BCUT2D eigenvalue weighted by molar-refractivity contribution is -0.169. The van der Waals surface area contributed by atoms with Crippen LogP contribution in [-0.2, 0) is 70.9 Å². The van der Waals surface area contributed by atoms with E-state index in [2.05, 4.69) is 44.5 Å². The highest BCUT2D eigenvalue weighted by Crippen LogP contribution is 2.43. The third-order valence-electron chi connectivity index (χ3n) is 13.3. The maximum absolute atomic E-state index is 14.0. The summed E-state index contributed by atoms with van der Waals surface area (Å²) in [5, 5.41) is 23.3. The summed E-state index contributed by atoms with van der Waals surface area (Å²) < 4.78 is 44.2. The van der Waals surface area contributed by atoms with E-state index in [1.54, 1.807) is 23.9 Å². The van der Waals surface area contributed by atoms with Crippen molar-refractivity contribution in [3.05, 3.63) is 99.0 Å². The Kier molecular flexibility index (Phi) is 15.6. The Morgan fingerprint density at radius 2 is 1.78 bits per heavy atom. The van der Waals surface area contributed by atoms with Crippen molar-refractivity contribution in [2.45, 2.75) is 122 Å². The molecule has 1 saturated heterocycles. The number of nitrogens with zero attached hydrogens (tertiary/aromatic N) is 5. The summed E-state index contributed by atoms with van der Waals surface area (Å²) in [6.45, 7) is 15.4. The lowest BCUT2D eigenvalue weighted by Crippen LogP contribution is -2.41. The van der Waals surface area contributed by atoms with E-state index >= 15 is 0 Å². The van der Waals surface area contributed by atoms with Crippen molar-refractivity contribution < 1.29 is 32.9 Å². The van der Waals surface area contributed by atoms with E-state index in [0.717, 1.165) is 106 Å². The van der Waals surface area contributed by atoms with Crippen LogP contribution < -0.4 is 0 Å². The van der Waals surface area contributed by atoms with E-state index < -0.39 is 8.32 Å². The first-order valence-corrected chi connectivity index (χ1v) is 27.2. The number of aromatic nitrogens is 5. The average molecular weight is 947 g/mol. The molecule has 0 radical (unpaired) electrons. The molecule has 0 spiro atoms. The maximum atomic E-state index is 14.0. The second kappa shape index (κ2) is 20.8. The lowest BCUT2D eigenvalue weighted by atomic mass is 9.98. The van der Waals surface area contributed by atoms with Crippen LogP contribution in [0.3, 0.4) is 0 Å². The monoisotopic (exact) mass is 945 g/mol. The summed E-state index contributed by atoms with van der Waals surface area (Å²) in [6.07, 6.45) is 6.19. The average Bonchev–Trinajstić information content (AvgIpc) is 3.88. The number of aryl methyl sites for hydroxylation is 6. The summed E-state index contributed by atoms with van der Waals surface area (Å²) in [4.78, 5) is 14.0. The molecular formula is C50H65ClFN5O6SSi. The number of carbonyl (C=O) groups excluding carboxylic acids is 1. The number of thioether (sulfide) groups is 1.